The Kier molecular flexibility index (Phi) is 8.51. The molecule has 0 aromatic heterocycles. The van der Waals surface area contributed by atoms with E-state index in [0.717, 1.165) is 64.5 Å². The van der Waals surface area contributed by atoms with Crippen molar-refractivity contribution in [1.29, 1.82) is 0 Å². The van der Waals surface area contributed by atoms with E-state index in [1.807, 2.05) is 4.90 Å². The summed E-state index contributed by atoms with van der Waals surface area (Å²) in [7, 11) is 4.23. The molecule has 2 aliphatic rings. The van der Waals surface area contributed by atoms with Crippen molar-refractivity contribution in [3.63, 3.8) is 0 Å². The standard InChI is InChI=1S/C23H37N5O2/c1-4-24-23(25-18-20(26(2)3)17-19-9-6-5-7-10-19)28-14-12-27(13-15-28)22(29)21-11-8-16-30-21/h5-7,9-10,20-21H,4,8,11-18H2,1-3H3,(H,24,25). The Hall–Kier alpha value is -2.12. The maximum Gasteiger partial charge on any atom is 0.251 e. The first-order valence-corrected chi connectivity index (χ1v) is 11.2. The Morgan fingerprint density at radius 1 is 1.20 bits per heavy atom. The van der Waals surface area contributed by atoms with E-state index in [9.17, 15) is 4.79 Å². The summed E-state index contributed by atoms with van der Waals surface area (Å²) >= 11 is 0. The lowest BCUT2D eigenvalue weighted by Crippen LogP contribution is -2.55. The van der Waals surface area contributed by atoms with Crippen molar-refractivity contribution >= 4 is 11.9 Å². The number of piperazine rings is 1. The fraction of sp³-hybridized carbons (Fsp3) is 0.652. The van der Waals surface area contributed by atoms with Gasteiger partial charge in [0.05, 0.1) is 6.54 Å². The van der Waals surface area contributed by atoms with Crippen LogP contribution >= 0.6 is 0 Å². The number of benzene rings is 1. The average molecular weight is 416 g/mol. The molecule has 7 nitrogen and oxygen atoms in total. The second-order valence-electron chi connectivity index (χ2n) is 8.32. The summed E-state index contributed by atoms with van der Waals surface area (Å²) in [6, 6.07) is 10.9. The Labute approximate surface area is 181 Å². The molecule has 2 unspecified atom stereocenters. The number of amides is 1. The van der Waals surface area contributed by atoms with Crippen molar-refractivity contribution in [3.8, 4) is 0 Å². The highest BCUT2D eigenvalue weighted by molar-refractivity contribution is 5.82. The smallest absolute Gasteiger partial charge is 0.251 e. The Morgan fingerprint density at radius 2 is 1.90 bits per heavy atom. The van der Waals surface area contributed by atoms with E-state index < -0.39 is 0 Å². The molecular weight excluding hydrogens is 378 g/mol. The summed E-state index contributed by atoms with van der Waals surface area (Å²) in [5.41, 5.74) is 1.33. The third kappa shape index (κ3) is 6.19. The van der Waals surface area contributed by atoms with E-state index in [0.29, 0.717) is 12.6 Å². The minimum absolute atomic E-state index is 0.157. The van der Waals surface area contributed by atoms with Crippen LogP contribution in [0, 0.1) is 0 Å². The normalized spacial score (nSPS) is 21.2. The van der Waals surface area contributed by atoms with E-state index in [2.05, 4.69) is 66.5 Å². The third-order valence-electron chi connectivity index (χ3n) is 5.93. The molecule has 0 aliphatic carbocycles. The van der Waals surface area contributed by atoms with Gasteiger partial charge in [-0.15, -0.1) is 0 Å². The first-order valence-electron chi connectivity index (χ1n) is 11.2. The second kappa shape index (κ2) is 11.3. The lowest BCUT2D eigenvalue weighted by molar-refractivity contribution is -0.142. The van der Waals surface area contributed by atoms with Crippen molar-refractivity contribution in [3.05, 3.63) is 35.9 Å². The molecule has 1 aromatic rings. The van der Waals surface area contributed by atoms with Gasteiger partial charge in [0.2, 0.25) is 0 Å². The number of guanidine groups is 1. The van der Waals surface area contributed by atoms with Gasteiger partial charge in [-0.3, -0.25) is 9.79 Å². The lowest BCUT2D eigenvalue weighted by atomic mass is 10.1. The van der Waals surface area contributed by atoms with Crippen molar-refractivity contribution in [2.45, 2.75) is 38.3 Å². The van der Waals surface area contributed by atoms with E-state index in [4.69, 9.17) is 9.73 Å². The number of nitrogens with one attached hydrogen (secondary N) is 1. The van der Waals surface area contributed by atoms with Crippen LogP contribution in [-0.4, -0.2) is 98.7 Å². The number of ether oxygens (including phenoxy) is 1. The Bertz CT molecular complexity index is 680. The molecule has 0 spiro atoms. The second-order valence-corrected chi connectivity index (χ2v) is 8.32. The number of carbonyl (C=O) groups excluding carboxylic acids is 1. The summed E-state index contributed by atoms with van der Waals surface area (Å²) in [5.74, 6) is 1.10. The molecule has 1 aromatic carbocycles. The van der Waals surface area contributed by atoms with Gasteiger partial charge in [0.25, 0.3) is 5.91 Å². The van der Waals surface area contributed by atoms with Crippen molar-refractivity contribution in [1.82, 2.24) is 20.0 Å². The van der Waals surface area contributed by atoms with Gasteiger partial charge in [-0.05, 0) is 45.8 Å². The van der Waals surface area contributed by atoms with Crippen molar-refractivity contribution in [2.24, 2.45) is 4.99 Å². The molecule has 2 fully saturated rings. The van der Waals surface area contributed by atoms with E-state index in [-0.39, 0.29) is 12.0 Å². The zero-order valence-electron chi connectivity index (χ0n) is 18.7. The van der Waals surface area contributed by atoms with Crippen LogP contribution in [0.2, 0.25) is 0 Å². The molecule has 2 aliphatic heterocycles. The molecule has 3 rings (SSSR count). The van der Waals surface area contributed by atoms with Crippen LogP contribution in [0.25, 0.3) is 0 Å². The molecule has 0 bridgehead atoms. The van der Waals surface area contributed by atoms with E-state index in [1.165, 1.54) is 5.56 Å². The third-order valence-corrected chi connectivity index (χ3v) is 5.93. The zero-order valence-corrected chi connectivity index (χ0v) is 18.7. The number of nitrogens with zero attached hydrogens (tertiary/aromatic N) is 4. The van der Waals surface area contributed by atoms with Crippen LogP contribution < -0.4 is 5.32 Å². The molecule has 166 valence electrons. The molecular formula is C23H37N5O2. The van der Waals surface area contributed by atoms with Crippen molar-refractivity contribution in [2.75, 3.05) is 60.0 Å². The molecule has 7 heteroatoms. The summed E-state index contributed by atoms with van der Waals surface area (Å²) < 4.78 is 5.57. The van der Waals surface area contributed by atoms with Gasteiger partial charge in [0.15, 0.2) is 5.96 Å². The predicted molar refractivity (Wildman–Crippen MR) is 121 cm³/mol. The van der Waals surface area contributed by atoms with Gasteiger partial charge in [-0.1, -0.05) is 30.3 Å². The van der Waals surface area contributed by atoms with Crippen molar-refractivity contribution < 1.29 is 9.53 Å². The van der Waals surface area contributed by atoms with Crippen LogP contribution in [0.3, 0.4) is 0 Å². The Morgan fingerprint density at radius 3 is 2.50 bits per heavy atom. The summed E-state index contributed by atoms with van der Waals surface area (Å²) in [4.78, 5) is 24.0. The van der Waals surface area contributed by atoms with Gasteiger partial charge in [-0.2, -0.15) is 0 Å². The molecule has 2 saturated heterocycles. The number of hydrogen-bond donors (Lipinski definition) is 1. The van der Waals surface area contributed by atoms with Gasteiger partial charge < -0.3 is 24.8 Å². The van der Waals surface area contributed by atoms with E-state index in [1.54, 1.807) is 0 Å². The maximum atomic E-state index is 12.6. The lowest BCUT2D eigenvalue weighted by Gasteiger charge is -2.37. The van der Waals surface area contributed by atoms with Crippen LogP contribution in [0.5, 0.6) is 0 Å². The monoisotopic (exact) mass is 415 g/mol. The van der Waals surface area contributed by atoms with Crippen LogP contribution in [0.1, 0.15) is 25.3 Å². The molecule has 1 N–H and O–H groups in total. The number of hydrogen-bond acceptors (Lipinski definition) is 4. The van der Waals surface area contributed by atoms with E-state index >= 15 is 0 Å². The number of rotatable bonds is 7. The topological polar surface area (TPSA) is 60.4 Å². The number of aliphatic imine (C=N–C) groups is 1. The number of likely N-dealkylation sites (N-methyl/N-ethyl adjacent to an activating group) is 1. The fourth-order valence-corrected chi connectivity index (χ4v) is 4.03. The fourth-order valence-electron chi connectivity index (χ4n) is 4.03. The quantitative estimate of drug-likeness (QED) is 0.540. The Balaban J connectivity index is 1.57. The first kappa shape index (κ1) is 22.6. The molecule has 0 radical (unpaired) electrons. The summed E-state index contributed by atoms with van der Waals surface area (Å²) in [6.45, 7) is 7.43. The van der Waals surface area contributed by atoms with Crippen LogP contribution in [-0.2, 0) is 16.0 Å². The molecule has 1 amide bonds. The molecule has 2 heterocycles. The minimum Gasteiger partial charge on any atom is -0.368 e. The first-order chi connectivity index (χ1) is 14.6. The van der Waals surface area contributed by atoms with Gasteiger partial charge in [0, 0.05) is 45.4 Å². The highest BCUT2D eigenvalue weighted by atomic mass is 16.5. The van der Waals surface area contributed by atoms with Crippen LogP contribution in [0.15, 0.2) is 35.3 Å². The minimum atomic E-state index is -0.225. The molecule has 0 saturated carbocycles. The maximum absolute atomic E-state index is 12.6. The summed E-state index contributed by atoms with van der Waals surface area (Å²) in [6.07, 6.45) is 2.60. The predicted octanol–water partition coefficient (Wildman–Crippen LogP) is 1.45. The largest absolute Gasteiger partial charge is 0.368 e. The number of carbonyl (C=O) groups is 1. The van der Waals surface area contributed by atoms with Gasteiger partial charge >= 0.3 is 0 Å². The highest BCUT2D eigenvalue weighted by Crippen LogP contribution is 2.16. The van der Waals surface area contributed by atoms with Gasteiger partial charge in [0.1, 0.15) is 6.10 Å². The SMILES string of the molecule is CCNC(=NCC(Cc1ccccc1)N(C)C)N1CCN(C(=O)C2CCCO2)CC1. The van der Waals surface area contributed by atoms with Gasteiger partial charge in [-0.25, -0.2) is 0 Å². The van der Waals surface area contributed by atoms with Crippen LogP contribution in [0.4, 0.5) is 0 Å². The summed E-state index contributed by atoms with van der Waals surface area (Å²) in [5, 5.41) is 3.44. The zero-order chi connectivity index (χ0) is 21.3. The highest BCUT2D eigenvalue weighted by Gasteiger charge is 2.31. The molecule has 30 heavy (non-hydrogen) atoms. The average Bonchev–Trinajstić information content (AvgIpc) is 3.31. The molecule has 2 atom stereocenters.